The fraction of sp³-hybridized carbons (Fsp3) is 1.00. The lowest BCUT2D eigenvalue weighted by atomic mass is 12.0. The van der Waals surface area contributed by atoms with E-state index < -0.39 is 11.1 Å². The first-order valence-corrected chi connectivity index (χ1v) is 2.22. The first-order chi connectivity index (χ1) is 1.73. The highest BCUT2D eigenvalue weighted by atomic mass is 32.2. The van der Waals surface area contributed by atoms with Gasteiger partial charge in [-0.15, -0.1) is 0 Å². The zero-order chi connectivity index (χ0) is 3.58. The molecule has 7 heteroatoms. The van der Waals surface area contributed by atoms with Crippen molar-refractivity contribution in [3.05, 3.63) is 0 Å². The Morgan fingerprint density at radius 3 is 1.12 bits per heavy atom. The molecular formula is CH7F4O2S-. The van der Waals surface area contributed by atoms with E-state index in [1.54, 1.807) is 0 Å². The Morgan fingerprint density at radius 1 is 1.12 bits per heavy atom. The van der Waals surface area contributed by atoms with Crippen LogP contribution in [0.1, 0.15) is 0 Å². The van der Waals surface area contributed by atoms with Crippen LogP contribution in [0.3, 0.4) is 0 Å². The predicted molar refractivity (Wildman–Crippen MR) is 24.9 cm³/mol. The highest BCUT2D eigenvalue weighted by molar-refractivity contribution is 7.78. The molecule has 8 heavy (non-hydrogen) atoms. The molecule has 0 fully saturated rings. The van der Waals surface area contributed by atoms with Gasteiger partial charge >= 0.3 is 0 Å². The normalized spacial score (nSPS) is 7.75. The van der Waals surface area contributed by atoms with Crippen LogP contribution in [0.2, 0.25) is 0 Å². The van der Waals surface area contributed by atoms with E-state index in [0.717, 1.165) is 6.26 Å². The van der Waals surface area contributed by atoms with Crippen LogP contribution in [0.25, 0.3) is 0 Å². The molecule has 0 aromatic carbocycles. The molecule has 1 atom stereocenters. The minimum atomic E-state index is -1.86. The quantitative estimate of drug-likeness (QED) is 0.371. The van der Waals surface area contributed by atoms with Gasteiger partial charge in [0, 0.05) is 0 Å². The zero-order valence-electron chi connectivity index (χ0n) is 3.86. The van der Waals surface area contributed by atoms with Crippen LogP contribution >= 0.6 is 0 Å². The molecule has 2 nitrogen and oxygen atoms in total. The van der Waals surface area contributed by atoms with Gasteiger partial charge in [-0.3, -0.25) is 23.0 Å². The molecule has 0 heterocycles. The summed E-state index contributed by atoms with van der Waals surface area (Å²) in [5, 5.41) is 0. The molecule has 0 amide bonds. The molecule has 0 bridgehead atoms. The third kappa shape index (κ3) is 4710. The van der Waals surface area contributed by atoms with Gasteiger partial charge in [0.25, 0.3) is 0 Å². The second-order valence-corrected chi connectivity index (χ2v) is 1.20. The van der Waals surface area contributed by atoms with Crippen LogP contribution in [-0.2, 0) is 11.1 Å². The molecule has 0 saturated carbocycles. The minimum Gasteiger partial charge on any atom is -0.773 e. The highest BCUT2D eigenvalue weighted by Crippen LogP contribution is 1.45. The number of rotatable bonds is 0. The molecule has 0 rings (SSSR count). The van der Waals surface area contributed by atoms with Gasteiger partial charge in [-0.25, -0.2) is 0 Å². The van der Waals surface area contributed by atoms with Crippen LogP contribution < -0.4 is 0 Å². The first kappa shape index (κ1) is 45.6. The molecule has 0 aliphatic rings. The van der Waals surface area contributed by atoms with E-state index in [1.165, 1.54) is 0 Å². The van der Waals surface area contributed by atoms with Gasteiger partial charge in [0.15, 0.2) is 0 Å². The van der Waals surface area contributed by atoms with Gasteiger partial charge in [-0.1, -0.05) is 11.1 Å². The molecule has 0 saturated heterocycles. The van der Waals surface area contributed by atoms with Gasteiger partial charge in [-0.2, -0.15) is 0 Å². The fourth-order valence-corrected chi connectivity index (χ4v) is 0. The van der Waals surface area contributed by atoms with Crippen molar-refractivity contribution >= 4 is 11.1 Å². The standard InChI is InChI=1S/CH4O2S.4FH/c1-4(2)3;;;;/h1H3,(H,2,3);4*1H/p-1. The maximum absolute atomic E-state index is 9.00. The van der Waals surface area contributed by atoms with Gasteiger partial charge in [0.05, 0.1) is 0 Å². The summed E-state index contributed by atoms with van der Waals surface area (Å²) in [5.74, 6) is 0. The van der Waals surface area contributed by atoms with Gasteiger partial charge < -0.3 is 4.55 Å². The lowest BCUT2D eigenvalue weighted by Gasteiger charge is -1.85. The van der Waals surface area contributed by atoms with Crippen LogP contribution in [-0.4, -0.2) is 15.0 Å². The molecule has 0 radical (unpaired) electrons. The second kappa shape index (κ2) is 29.0. The van der Waals surface area contributed by atoms with Crippen LogP contribution in [0, 0.1) is 0 Å². The predicted octanol–water partition coefficient (Wildman–Crippen LogP) is 0.105. The van der Waals surface area contributed by atoms with Crippen molar-refractivity contribution in [3.63, 3.8) is 0 Å². The molecule has 0 spiro atoms. The number of halogens is 4. The summed E-state index contributed by atoms with van der Waals surface area (Å²) in [6, 6.07) is 0. The van der Waals surface area contributed by atoms with Crippen molar-refractivity contribution in [1.82, 2.24) is 0 Å². The summed E-state index contributed by atoms with van der Waals surface area (Å²) in [6.45, 7) is 0. The topological polar surface area (TPSA) is 40.1 Å². The Labute approximate surface area is 46.0 Å². The maximum Gasteiger partial charge on any atom is -0.00142 e. The van der Waals surface area contributed by atoms with Crippen molar-refractivity contribution < 1.29 is 27.6 Å². The van der Waals surface area contributed by atoms with E-state index in [-0.39, 0.29) is 18.8 Å². The summed E-state index contributed by atoms with van der Waals surface area (Å²) in [6.07, 6.45) is 1.08. The third-order valence-corrected chi connectivity index (χ3v) is 0. The summed E-state index contributed by atoms with van der Waals surface area (Å²) in [5.41, 5.74) is 0. The smallest absolute Gasteiger partial charge is 0.00142 e. The van der Waals surface area contributed by atoms with Gasteiger partial charge in [0.2, 0.25) is 0 Å². The Bertz CT molecular complexity index is 37.0. The van der Waals surface area contributed by atoms with E-state index in [9.17, 15) is 0 Å². The first-order valence-electron chi connectivity index (χ1n) is 0.742. The highest BCUT2D eigenvalue weighted by Gasteiger charge is 1.41. The van der Waals surface area contributed by atoms with Crippen LogP contribution in [0.5, 0.6) is 0 Å². The molecule has 0 aliphatic heterocycles. The lowest BCUT2D eigenvalue weighted by Crippen LogP contribution is -1.73. The average Bonchev–Trinajstić information content (AvgIpc) is 0.811. The molecule has 0 aliphatic carbocycles. The van der Waals surface area contributed by atoms with Crippen molar-refractivity contribution in [2.75, 3.05) is 6.26 Å². The van der Waals surface area contributed by atoms with Crippen molar-refractivity contribution in [3.8, 4) is 0 Å². The van der Waals surface area contributed by atoms with Gasteiger partial charge in [0.1, 0.15) is 0 Å². The summed E-state index contributed by atoms with van der Waals surface area (Å²) < 4.78 is 18.0. The average molecular weight is 159 g/mol. The van der Waals surface area contributed by atoms with E-state index in [4.69, 9.17) is 8.76 Å². The second-order valence-electron chi connectivity index (χ2n) is 0.401. The number of hydrogen-bond acceptors (Lipinski definition) is 2. The lowest BCUT2D eigenvalue weighted by molar-refractivity contribution is 0.543. The minimum absolute atomic E-state index is 0. The molecule has 0 aromatic heterocycles. The van der Waals surface area contributed by atoms with Crippen molar-refractivity contribution in [2.24, 2.45) is 0 Å². The monoisotopic (exact) mass is 159 g/mol. The third-order valence-electron chi connectivity index (χ3n) is 0. The molecule has 0 aromatic rings. The van der Waals surface area contributed by atoms with Crippen LogP contribution in [0.4, 0.5) is 18.8 Å². The number of hydrogen-bond donors (Lipinski definition) is 0. The molecule has 1 unspecified atom stereocenters. The SMILES string of the molecule is CS(=O)[O-].F.F.F.F. The molecule has 58 valence electrons. The Balaban J connectivity index is -0.00000000750. The Morgan fingerprint density at radius 2 is 1.12 bits per heavy atom. The summed E-state index contributed by atoms with van der Waals surface area (Å²) >= 11 is -1.86. The molecular weight excluding hydrogens is 152 g/mol. The summed E-state index contributed by atoms with van der Waals surface area (Å²) in [4.78, 5) is 0. The Hall–Kier alpha value is -0.170. The van der Waals surface area contributed by atoms with E-state index in [0.29, 0.717) is 0 Å². The van der Waals surface area contributed by atoms with Gasteiger partial charge in [-0.05, 0) is 6.26 Å². The van der Waals surface area contributed by atoms with Crippen molar-refractivity contribution in [2.45, 2.75) is 0 Å². The van der Waals surface area contributed by atoms with E-state index in [1.807, 2.05) is 0 Å². The van der Waals surface area contributed by atoms with Crippen LogP contribution in [0.15, 0.2) is 0 Å². The largest absolute Gasteiger partial charge is 0.773 e. The van der Waals surface area contributed by atoms with E-state index >= 15 is 0 Å². The van der Waals surface area contributed by atoms with E-state index in [2.05, 4.69) is 0 Å². The Kier molecular flexibility index (Phi) is 165. The summed E-state index contributed by atoms with van der Waals surface area (Å²) in [7, 11) is 0. The molecule has 0 N–H and O–H groups in total. The maximum atomic E-state index is 9.00. The van der Waals surface area contributed by atoms with Crippen molar-refractivity contribution in [1.29, 1.82) is 0 Å². The zero-order valence-corrected chi connectivity index (χ0v) is 4.67. The fourth-order valence-electron chi connectivity index (χ4n) is 0.